The van der Waals surface area contributed by atoms with E-state index >= 15 is 0 Å². The summed E-state index contributed by atoms with van der Waals surface area (Å²) in [6.07, 6.45) is 3.10. The molecule has 0 bridgehead atoms. The van der Waals surface area contributed by atoms with Crippen LogP contribution >= 0.6 is 0 Å². The first kappa shape index (κ1) is 5.41. The molecule has 0 amide bonds. The summed E-state index contributed by atoms with van der Waals surface area (Å²) in [5.74, 6) is 0.792. The predicted molar refractivity (Wildman–Crippen MR) is 29.9 cm³/mol. The first-order valence-electron chi connectivity index (χ1n) is 2.33. The number of hydrogen-bond donors (Lipinski definition) is 1. The highest BCUT2D eigenvalue weighted by atomic mass is 32.2. The molecule has 1 aliphatic heterocycles. The second-order valence-corrected chi connectivity index (χ2v) is 2.86. The van der Waals surface area contributed by atoms with Crippen molar-refractivity contribution in [3.63, 3.8) is 0 Å². The minimum absolute atomic E-state index is 0.721. The lowest BCUT2D eigenvalue weighted by atomic mass is 10.3. The molecule has 1 aliphatic rings. The minimum Gasteiger partial charge on any atom is -0.598 e. The molecule has 1 radical (unpaired) electrons. The van der Waals surface area contributed by atoms with Crippen LogP contribution < -0.4 is 4.72 Å². The Hall–Kier alpha value is 0.270. The Balaban J connectivity index is 2.12. The lowest BCUT2D eigenvalue weighted by Gasteiger charge is -2.14. The van der Waals surface area contributed by atoms with Gasteiger partial charge in [0.05, 0.1) is 0 Å². The topological polar surface area (TPSA) is 35.1 Å². The summed E-state index contributed by atoms with van der Waals surface area (Å²) in [6, 6.07) is 0. The van der Waals surface area contributed by atoms with E-state index < -0.39 is 11.4 Å². The maximum atomic E-state index is 10.4. The van der Waals surface area contributed by atoms with Crippen molar-refractivity contribution in [1.82, 2.24) is 4.72 Å². The third kappa shape index (κ3) is 1.67. The number of nitrogens with one attached hydrogen (secondary N) is 1. The van der Waals surface area contributed by atoms with Crippen molar-refractivity contribution in [2.24, 2.45) is 0 Å². The van der Waals surface area contributed by atoms with Crippen LogP contribution in [0.2, 0.25) is 0 Å². The smallest absolute Gasteiger partial charge is 0.125 e. The summed E-state index contributed by atoms with van der Waals surface area (Å²) in [5, 5.41) is 0. The second-order valence-electron chi connectivity index (χ2n) is 1.48. The molecule has 1 heterocycles. The van der Waals surface area contributed by atoms with Crippen LogP contribution in [0.3, 0.4) is 0 Å². The fourth-order valence-corrected chi connectivity index (χ4v) is 1.35. The van der Waals surface area contributed by atoms with Crippen molar-refractivity contribution in [2.75, 3.05) is 12.3 Å². The van der Waals surface area contributed by atoms with Crippen molar-refractivity contribution in [1.29, 1.82) is 0 Å². The molecule has 0 aliphatic carbocycles. The summed E-state index contributed by atoms with van der Waals surface area (Å²) in [5.41, 5.74) is 0. The van der Waals surface area contributed by atoms with Gasteiger partial charge in [0.1, 0.15) is 5.75 Å². The Morgan fingerprint density at radius 2 is 2.57 bits per heavy atom. The van der Waals surface area contributed by atoms with Crippen LogP contribution in [-0.2, 0) is 11.4 Å². The van der Waals surface area contributed by atoms with Gasteiger partial charge in [-0.05, 0) is 12.8 Å². The van der Waals surface area contributed by atoms with Gasteiger partial charge in [-0.2, -0.15) is 0 Å². The minimum atomic E-state index is -0.721. The maximum Gasteiger partial charge on any atom is 0.125 e. The van der Waals surface area contributed by atoms with E-state index in [0.29, 0.717) is 0 Å². The zero-order valence-electron chi connectivity index (χ0n) is 4.02. The van der Waals surface area contributed by atoms with Crippen molar-refractivity contribution in [3.05, 3.63) is 6.42 Å². The fourth-order valence-electron chi connectivity index (χ4n) is 0.516. The van der Waals surface area contributed by atoms with Gasteiger partial charge in [-0.25, -0.2) is 0 Å². The van der Waals surface area contributed by atoms with Gasteiger partial charge in [0, 0.05) is 17.9 Å². The molecule has 7 heavy (non-hydrogen) atoms. The van der Waals surface area contributed by atoms with Crippen LogP contribution in [0.4, 0.5) is 0 Å². The van der Waals surface area contributed by atoms with E-state index in [9.17, 15) is 4.55 Å². The average molecular weight is 118 g/mol. The Morgan fingerprint density at radius 1 is 1.71 bits per heavy atom. The summed E-state index contributed by atoms with van der Waals surface area (Å²) in [6.45, 7) is 0.812. The molecule has 1 unspecified atom stereocenters. The summed E-state index contributed by atoms with van der Waals surface area (Å²) in [4.78, 5) is 0. The Morgan fingerprint density at radius 3 is 2.86 bits per heavy atom. The third-order valence-corrected chi connectivity index (χ3v) is 1.99. The first-order chi connectivity index (χ1) is 3.39. The summed E-state index contributed by atoms with van der Waals surface area (Å²) >= 11 is -0.721. The van der Waals surface area contributed by atoms with E-state index in [1.165, 1.54) is 0 Å². The Labute approximate surface area is 46.6 Å². The molecule has 0 aromatic rings. The fraction of sp³-hybridized carbons (Fsp3) is 0.750. The van der Waals surface area contributed by atoms with Gasteiger partial charge in [-0.3, -0.25) is 0 Å². The van der Waals surface area contributed by atoms with E-state index in [2.05, 4.69) is 11.1 Å². The molecule has 1 rings (SSSR count). The molecular formula is C4H8NOS. The first-order valence-corrected chi connectivity index (χ1v) is 3.65. The Kier molecular flexibility index (Phi) is 1.97. The van der Waals surface area contributed by atoms with Gasteiger partial charge in [0.15, 0.2) is 0 Å². The molecule has 2 nitrogen and oxygen atoms in total. The quantitative estimate of drug-likeness (QED) is 0.449. The highest BCUT2D eigenvalue weighted by molar-refractivity contribution is 7.89. The highest BCUT2D eigenvalue weighted by Gasteiger charge is 2.09. The molecule has 0 saturated carbocycles. The van der Waals surface area contributed by atoms with Crippen LogP contribution in [0, 0.1) is 6.42 Å². The molecular weight excluding hydrogens is 110 g/mol. The van der Waals surface area contributed by atoms with Crippen molar-refractivity contribution < 1.29 is 4.55 Å². The van der Waals surface area contributed by atoms with E-state index in [-0.39, 0.29) is 0 Å². The average Bonchev–Trinajstić information content (AvgIpc) is 1.69. The van der Waals surface area contributed by atoms with E-state index in [1.807, 2.05) is 0 Å². The van der Waals surface area contributed by atoms with Gasteiger partial charge >= 0.3 is 0 Å². The lowest BCUT2D eigenvalue weighted by molar-refractivity contribution is 0.575. The number of hydrogen-bond acceptors (Lipinski definition) is 2. The van der Waals surface area contributed by atoms with Gasteiger partial charge in [0.2, 0.25) is 0 Å². The van der Waals surface area contributed by atoms with Crippen LogP contribution in [-0.4, -0.2) is 16.9 Å². The van der Waals surface area contributed by atoms with Crippen molar-refractivity contribution >= 4 is 11.4 Å². The normalized spacial score (nSPS) is 33.0. The van der Waals surface area contributed by atoms with Crippen LogP contribution in [0.1, 0.15) is 6.42 Å². The van der Waals surface area contributed by atoms with E-state index in [0.717, 1.165) is 18.7 Å². The van der Waals surface area contributed by atoms with Crippen molar-refractivity contribution in [3.8, 4) is 0 Å². The molecule has 0 aromatic carbocycles. The molecule has 1 saturated heterocycles. The zero-order valence-corrected chi connectivity index (χ0v) is 4.83. The molecule has 3 heteroatoms. The Bertz CT molecular complexity index is 53.7. The number of rotatable bonds is 0. The molecule has 1 atom stereocenters. The van der Waals surface area contributed by atoms with E-state index in [1.54, 1.807) is 0 Å². The highest BCUT2D eigenvalue weighted by Crippen LogP contribution is 1.98. The monoisotopic (exact) mass is 118 g/mol. The molecule has 0 spiro atoms. The maximum absolute atomic E-state index is 10.4. The zero-order chi connectivity index (χ0) is 5.11. The van der Waals surface area contributed by atoms with Crippen LogP contribution in [0.15, 0.2) is 0 Å². The molecule has 41 valence electrons. The van der Waals surface area contributed by atoms with E-state index in [4.69, 9.17) is 0 Å². The molecule has 1 fully saturated rings. The lowest BCUT2D eigenvalue weighted by Crippen LogP contribution is -2.32. The van der Waals surface area contributed by atoms with Gasteiger partial charge in [-0.15, -0.1) is 4.72 Å². The van der Waals surface area contributed by atoms with Gasteiger partial charge in [0.25, 0.3) is 0 Å². The standard InChI is InChI=1S/C4H8NOS/c6-7-4-2-1-3-5-7/h1,5H,2-4H2. The van der Waals surface area contributed by atoms with Crippen LogP contribution in [0.25, 0.3) is 0 Å². The third-order valence-electron chi connectivity index (χ3n) is 0.896. The predicted octanol–water partition coefficient (Wildman–Crippen LogP) is -0.152. The van der Waals surface area contributed by atoms with Gasteiger partial charge < -0.3 is 4.55 Å². The molecule has 1 N–H and O–H groups in total. The summed E-state index contributed by atoms with van der Waals surface area (Å²) in [7, 11) is 0. The second kappa shape index (κ2) is 2.55. The van der Waals surface area contributed by atoms with Crippen LogP contribution in [0.5, 0.6) is 0 Å². The van der Waals surface area contributed by atoms with Gasteiger partial charge in [-0.1, -0.05) is 0 Å². The van der Waals surface area contributed by atoms with Crippen molar-refractivity contribution in [2.45, 2.75) is 6.42 Å². The largest absolute Gasteiger partial charge is 0.598 e. The SMILES string of the molecule is [O-][S+]1CC[CH]CN1. The summed E-state index contributed by atoms with van der Waals surface area (Å²) < 4.78 is 13.2. The molecule has 0 aromatic heterocycles.